The van der Waals surface area contributed by atoms with E-state index in [1.54, 1.807) is 12.1 Å². The van der Waals surface area contributed by atoms with Crippen molar-refractivity contribution in [3.8, 4) is 17.2 Å². The molecular formula is C22H24O10. The van der Waals surface area contributed by atoms with Gasteiger partial charge in [0.1, 0.15) is 41.7 Å². The predicted molar refractivity (Wildman–Crippen MR) is 109 cm³/mol. The van der Waals surface area contributed by atoms with E-state index in [2.05, 4.69) is 0 Å². The highest BCUT2D eigenvalue weighted by Crippen LogP contribution is 2.29. The van der Waals surface area contributed by atoms with E-state index < -0.39 is 48.9 Å². The molecule has 0 aromatic heterocycles. The van der Waals surface area contributed by atoms with Crippen LogP contribution in [0.1, 0.15) is 20.7 Å². The zero-order valence-electron chi connectivity index (χ0n) is 17.4. The zero-order chi connectivity index (χ0) is 23.4. The smallest absolute Gasteiger partial charge is 0.233 e. The molecule has 2 aromatic carbocycles. The molecular weight excluding hydrogens is 424 g/mol. The van der Waals surface area contributed by atoms with Crippen molar-refractivity contribution in [2.45, 2.75) is 30.7 Å². The Morgan fingerprint density at radius 2 is 1.47 bits per heavy atom. The fraction of sp³-hybridized carbons (Fsp3) is 0.364. The Bertz CT molecular complexity index is 973. The van der Waals surface area contributed by atoms with Crippen molar-refractivity contribution in [1.82, 2.24) is 0 Å². The summed E-state index contributed by atoms with van der Waals surface area (Å²) in [6.45, 7) is -0.623. The second-order valence-electron chi connectivity index (χ2n) is 7.10. The summed E-state index contributed by atoms with van der Waals surface area (Å²) >= 11 is 0. The molecule has 10 nitrogen and oxygen atoms in total. The topological polar surface area (TPSA) is 152 Å². The van der Waals surface area contributed by atoms with E-state index in [-0.39, 0.29) is 22.6 Å². The summed E-state index contributed by atoms with van der Waals surface area (Å²) in [4.78, 5) is 25.5. The van der Waals surface area contributed by atoms with Crippen molar-refractivity contribution < 1.29 is 49.0 Å². The molecule has 4 N–H and O–H groups in total. The van der Waals surface area contributed by atoms with Crippen LogP contribution in [0.5, 0.6) is 17.2 Å². The van der Waals surface area contributed by atoms with Gasteiger partial charge in [0, 0.05) is 17.2 Å². The van der Waals surface area contributed by atoms with Crippen LogP contribution in [0.25, 0.3) is 0 Å². The first-order valence-electron chi connectivity index (χ1n) is 9.68. The van der Waals surface area contributed by atoms with Gasteiger partial charge in [0.2, 0.25) is 17.9 Å². The van der Waals surface area contributed by atoms with Crippen molar-refractivity contribution in [2.24, 2.45) is 0 Å². The highest BCUT2D eigenvalue weighted by molar-refractivity contribution is 6.49. The molecule has 0 amide bonds. The molecule has 0 aliphatic carbocycles. The van der Waals surface area contributed by atoms with Gasteiger partial charge in [-0.15, -0.1) is 0 Å². The van der Waals surface area contributed by atoms with Gasteiger partial charge in [-0.25, -0.2) is 0 Å². The number of ether oxygens (including phenoxy) is 4. The number of ketones is 2. The summed E-state index contributed by atoms with van der Waals surface area (Å²) in [5.74, 6) is -1.02. The van der Waals surface area contributed by atoms with Crippen molar-refractivity contribution in [3.05, 3.63) is 53.6 Å². The SMILES string of the molecule is COc1cccc(C(=O)C(=O)c2cc(OC)cc(O[C@@H]3O[C@H](CO)[C@@H](O)[C@H](O)[C@H]3O)c2)c1. The standard InChI is InChI=1S/C22H24O10/c1-29-13-5-3-4-11(6-13)17(24)18(25)12-7-14(30-2)9-15(8-12)31-22-21(28)20(27)19(26)16(10-23)32-22/h3-9,16,19-23,26-28H,10H2,1-2H3/t16-,19-,20+,21-,22-/m1/s1. The fourth-order valence-electron chi connectivity index (χ4n) is 3.21. The maximum Gasteiger partial charge on any atom is 0.233 e. The van der Waals surface area contributed by atoms with E-state index in [4.69, 9.17) is 18.9 Å². The molecule has 0 spiro atoms. The Morgan fingerprint density at radius 1 is 0.844 bits per heavy atom. The lowest BCUT2D eigenvalue weighted by molar-refractivity contribution is -0.277. The first-order valence-corrected chi connectivity index (χ1v) is 9.68. The van der Waals surface area contributed by atoms with Gasteiger partial charge in [0.25, 0.3) is 0 Å². The van der Waals surface area contributed by atoms with Gasteiger partial charge in [0.05, 0.1) is 20.8 Å². The monoisotopic (exact) mass is 448 g/mol. The van der Waals surface area contributed by atoms with Crippen LogP contribution in [0.2, 0.25) is 0 Å². The third-order valence-corrected chi connectivity index (χ3v) is 5.02. The van der Waals surface area contributed by atoms with Gasteiger partial charge in [-0.1, -0.05) is 12.1 Å². The number of Topliss-reactive ketones (excluding diaryl/α,β-unsaturated/α-hetero) is 2. The Balaban J connectivity index is 1.86. The molecule has 1 aliphatic rings. The molecule has 0 bridgehead atoms. The van der Waals surface area contributed by atoms with Crippen molar-refractivity contribution in [1.29, 1.82) is 0 Å². The number of hydrogen-bond acceptors (Lipinski definition) is 10. The summed E-state index contributed by atoms with van der Waals surface area (Å²) in [5.41, 5.74) is 0.0883. The first-order chi connectivity index (χ1) is 15.3. The highest BCUT2D eigenvalue weighted by atomic mass is 16.7. The van der Waals surface area contributed by atoms with Crippen LogP contribution >= 0.6 is 0 Å². The maximum absolute atomic E-state index is 12.8. The van der Waals surface area contributed by atoms with E-state index in [0.717, 1.165) is 0 Å². The molecule has 1 fully saturated rings. The van der Waals surface area contributed by atoms with Crippen LogP contribution in [-0.4, -0.2) is 83.5 Å². The van der Waals surface area contributed by atoms with Crippen LogP contribution < -0.4 is 14.2 Å². The van der Waals surface area contributed by atoms with E-state index in [0.29, 0.717) is 5.75 Å². The van der Waals surface area contributed by atoms with E-state index in [1.165, 1.54) is 44.6 Å². The quantitative estimate of drug-likeness (QED) is 0.319. The number of aliphatic hydroxyl groups excluding tert-OH is 4. The Morgan fingerprint density at radius 3 is 2.12 bits per heavy atom. The molecule has 0 radical (unpaired) electrons. The third kappa shape index (κ3) is 4.90. The van der Waals surface area contributed by atoms with Crippen molar-refractivity contribution in [2.75, 3.05) is 20.8 Å². The molecule has 10 heteroatoms. The van der Waals surface area contributed by atoms with E-state index in [1.807, 2.05) is 0 Å². The highest BCUT2D eigenvalue weighted by Gasteiger charge is 2.44. The molecule has 2 aromatic rings. The van der Waals surface area contributed by atoms with Crippen LogP contribution in [0, 0.1) is 0 Å². The average Bonchev–Trinajstić information content (AvgIpc) is 2.83. The van der Waals surface area contributed by atoms with E-state index in [9.17, 15) is 30.0 Å². The molecule has 3 rings (SSSR count). The summed E-state index contributed by atoms with van der Waals surface area (Å²) in [5, 5.41) is 39.3. The summed E-state index contributed by atoms with van der Waals surface area (Å²) < 4.78 is 21.1. The van der Waals surface area contributed by atoms with Gasteiger partial charge in [-0.05, 0) is 24.3 Å². The minimum atomic E-state index is -1.64. The molecule has 5 atom stereocenters. The minimum Gasteiger partial charge on any atom is -0.497 e. The zero-order valence-corrected chi connectivity index (χ0v) is 17.4. The fourth-order valence-corrected chi connectivity index (χ4v) is 3.21. The maximum atomic E-state index is 12.8. The molecule has 172 valence electrons. The second kappa shape index (κ2) is 10.1. The van der Waals surface area contributed by atoms with E-state index >= 15 is 0 Å². The Labute approximate surface area is 183 Å². The lowest BCUT2D eigenvalue weighted by atomic mass is 9.99. The second-order valence-corrected chi connectivity index (χ2v) is 7.10. The molecule has 1 heterocycles. The molecule has 0 saturated carbocycles. The molecule has 1 saturated heterocycles. The normalized spacial score (nSPS) is 25.1. The summed E-state index contributed by atoms with van der Waals surface area (Å²) in [7, 11) is 2.79. The number of rotatable bonds is 8. The number of benzene rings is 2. The van der Waals surface area contributed by atoms with Gasteiger partial charge in [-0.3, -0.25) is 9.59 Å². The largest absolute Gasteiger partial charge is 0.497 e. The minimum absolute atomic E-state index is 0.00419. The summed E-state index contributed by atoms with van der Waals surface area (Å²) in [6.07, 6.45) is -7.45. The molecule has 1 aliphatic heterocycles. The van der Waals surface area contributed by atoms with Crippen molar-refractivity contribution >= 4 is 11.6 Å². The number of hydrogen-bond donors (Lipinski definition) is 4. The van der Waals surface area contributed by atoms with Crippen LogP contribution in [0.15, 0.2) is 42.5 Å². The molecule has 32 heavy (non-hydrogen) atoms. The number of methoxy groups -OCH3 is 2. The lowest BCUT2D eigenvalue weighted by Gasteiger charge is -2.39. The van der Waals surface area contributed by atoms with Crippen LogP contribution in [0.4, 0.5) is 0 Å². The summed E-state index contributed by atoms with van der Waals surface area (Å²) in [6, 6.07) is 10.1. The van der Waals surface area contributed by atoms with Crippen LogP contribution in [0.3, 0.4) is 0 Å². The number of carbonyl (C=O) groups is 2. The van der Waals surface area contributed by atoms with Crippen molar-refractivity contribution in [3.63, 3.8) is 0 Å². The average molecular weight is 448 g/mol. The Hall–Kier alpha value is -3.02. The predicted octanol–water partition coefficient (Wildman–Crippen LogP) is -0.0519. The van der Waals surface area contributed by atoms with Gasteiger partial charge in [-0.2, -0.15) is 0 Å². The Kier molecular flexibility index (Phi) is 7.44. The number of carbonyl (C=O) groups excluding carboxylic acids is 2. The lowest BCUT2D eigenvalue weighted by Crippen LogP contribution is -2.60. The molecule has 0 unspecified atom stereocenters. The van der Waals surface area contributed by atoms with Crippen LogP contribution in [-0.2, 0) is 4.74 Å². The first kappa shape index (κ1) is 23.6. The van der Waals surface area contributed by atoms with Gasteiger partial charge in [0.15, 0.2) is 0 Å². The third-order valence-electron chi connectivity index (χ3n) is 5.02. The number of aliphatic hydroxyl groups is 4. The van der Waals surface area contributed by atoms with Gasteiger partial charge >= 0.3 is 0 Å². The van der Waals surface area contributed by atoms with Gasteiger partial charge < -0.3 is 39.4 Å².